The molecular weight excluding hydrogens is 226 g/mol. The predicted molar refractivity (Wildman–Crippen MR) is 71.5 cm³/mol. The molecule has 1 aromatic heterocycles. The van der Waals surface area contributed by atoms with Crippen LogP contribution in [0.25, 0.3) is 0 Å². The highest BCUT2D eigenvalue weighted by molar-refractivity contribution is 5.27. The third-order valence-corrected chi connectivity index (χ3v) is 2.78. The standard InChI is InChI=1S/C14H19N3O/c1-11-4-3-5-13(8-11)18-10-14-16-12(6-7-15)9-17(14)2/h3-5,8-9H,6-7,10,15H2,1-2H3. The maximum Gasteiger partial charge on any atom is 0.146 e. The minimum atomic E-state index is 0.477. The van der Waals surface area contributed by atoms with Crippen LogP contribution in [0.1, 0.15) is 17.1 Å². The third-order valence-electron chi connectivity index (χ3n) is 2.78. The van der Waals surface area contributed by atoms with E-state index in [2.05, 4.69) is 4.98 Å². The zero-order valence-corrected chi connectivity index (χ0v) is 10.9. The fourth-order valence-electron chi connectivity index (χ4n) is 1.83. The summed E-state index contributed by atoms with van der Waals surface area (Å²) in [5.74, 6) is 1.79. The van der Waals surface area contributed by atoms with E-state index in [-0.39, 0.29) is 0 Å². The van der Waals surface area contributed by atoms with Gasteiger partial charge in [-0.3, -0.25) is 0 Å². The van der Waals surface area contributed by atoms with Gasteiger partial charge in [-0.05, 0) is 31.2 Å². The van der Waals surface area contributed by atoms with Gasteiger partial charge in [-0.1, -0.05) is 12.1 Å². The lowest BCUT2D eigenvalue weighted by Gasteiger charge is -2.06. The number of nitrogens with two attached hydrogens (primary N) is 1. The summed E-state index contributed by atoms with van der Waals surface area (Å²) in [7, 11) is 1.97. The van der Waals surface area contributed by atoms with Crippen LogP contribution in [0.4, 0.5) is 0 Å². The lowest BCUT2D eigenvalue weighted by molar-refractivity contribution is 0.291. The Hall–Kier alpha value is -1.81. The Bertz CT molecular complexity index is 520. The van der Waals surface area contributed by atoms with Gasteiger partial charge in [0.25, 0.3) is 0 Å². The average Bonchev–Trinajstić information content (AvgIpc) is 2.68. The molecule has 4 heteroatoms. The summed E-state index contributed by atoms with van der Waals surface area (Å²) in [5, 5.41) is 0. The first kappa shape index (κ1) is 12.6. The maximum atomic E-state index is 5.73. The van der Waals surface area contributed by atoms with Crippen molar-refractivity contribution in [2.24, 2.45) is 12.8 Å². The van der Waals surface area contributed by atoms with E-state index in [1.165, 1.54) is 5.56 Å². The van der Waals surface area contributed by atoms with Crippen LogP contribution in [0.3, 0.4) is 0 Å². The smallest absolute Gasteiger partial charge is 0.146 e. The van der Waals surface area contributed by atoms with Crippen molar-refractivity contribution in [1.29, 1.82) is 0 Å². The van der Waals surface area contributed by atoms with Crippen molar-refractivity contribution >= 4 is 0 Å². The SMILES string of the molecule is Cc1cccc(OCc2nc(CCN)cn2C)c1. The molecule has 0 amide bonds. The second-order valence-electron chi connectivity index (χ2n) is 4.40. The summed E-state index contributed by atoms with van der Waals surface area (Å²) in [5.41, 5.74) is 7.73. The van der Waals surface area contributed by atoms with Crippen LogP contribution in [0, 0.1) is 6.92 Å². The van der Waals surface area contributed by atoms with E-state index in [4.69, 9.17) is 10.5 Å². The van der Waals surface area contributed by atoms with Crippen LogP contribution >= 0.6 is 0 Å². The molecule has 2 rings (SSSR count). The molecule has 0 spiro atoms. The molecule has 0 unspecified atom stereocenters. The monoisotopic (exact) mass is 245 g/mol. The lowest BCUT2D eigenvalue weighted by Crippen LogP contribution is -2.04. The summed E-state index contributed by atoms with van der Waals surface area (Å²) in [6.45, 7) is 3.15. The molecule has 1 heterocycles. The molecule has 0 aliphatic rings. The first-order valence-corrected chi connectivity index (χ1v) is 6.09. The van der Waals surface area contributed by atoms with Gasteiger partial charge in [-0.25, -0.2) is 4.98 Å². The molecule has 0 saturated heterocycles. The summed E-state index contributed by atoms with van der Waals surface area (Å²) < 4.78 is 7.72. The first-order chi connectivity index (χ1) is 8.69. The fourth-order valence-corrected chi connectivity index (χ4v) is 1.83. The molecule has 1 aromatic carbocycles. The third kappa shape index (κ3) is 3.11. The highest BCUT2D eigenvalue weighted by Crippen LogP contribution is 2.14. The predicted octanol–water partition coefficient (Wildman–Crippen LogP) is 1.81. The van der Waals surface area contributed by atoms with Crippen LogP contribution in [0.2, 0.25) is 0 Å². The molecule has 0 radical (unpaired) electrons. The molecule has 0 aliphatic heterocycles. The van der Waals surface area contributed by atoms with Gasteiger partial charge >= 0.3 is 0 Å². The molecular formula is C14H19N3O. The number of rotatable bonds is 5. The number of ether oxygens (including phenoxy) is 1. The van der Waals surface area contributed by atoms with Gasteiger partial charge < -0.3 is 15.0 Å². The number of imidazole rings is 1. The fraction of sp³-hybridized carbons (Fsp3) is 0.357. The van der Waals surface area contributed by atoms with Gasteiger partial charge in [0, 0.05) is 19.7 Å². The summed E-state index contributed by atoms with van der Waals surface area (Å²) in [6.07, 6.45) is 2.81. The molecule has 4 nitrogen and oxygen atoms in total. The van der Waals surface area contributed by atoms with Crippen molar-refractivity contribution in [3.63, 3.8) is 0 Å². The summed E-state index contributed by atoms with van der Waals surface area (Å²) >= 11 is 0. The molecule has 2 N–H and O–H groups in total. The van der Waals surface area contributed by atoms with E-state index in [1.807, 2.05) is 49.0 Å². The zero-order chi connectivity index (χ0) is 13.0. The molecule has 0 aliphatic carbocycles. The van der Waals surface area contributed by atoms with Gasteiger partial charge in [-0.2, -0.15) is 0 Å². The topological polar surface area (TPSA) is 53.1 Å². The zero-order valence-electron chi connectivity index (χ0n) is 10.9. The Balaban J connectivity index is 2.01. The number of aromatic nitrogens is 2. The van der Waals surface area contributed by atoms with E-state index in [1.54, 1.807) is 0 Å². The van der Waals surface area contributed by atoms with Crippen molar-refractivity contribution in [2.45, 2.75) is 20.0 Å². The van der Waals surface area contributed by atoms with E-state index in [0.29, 0.717) is 13.2 Å². The Labute approximate surface area is 107 Å². The van der Waals surface area contributed by atoms with E-state index < -0.39 is 0 Å². The Kier molecular flexibility index (Phi) is 3.99. The first-order valence-electron chi connectivity index (χ1n) is 6.09. The minimum Gasteiger partial charge on any atom is -0.486 e. The molecule has 0 atom stereocenters. The van der Waals surface area contributed by atoms with Crippen molar-refractivity contribution in [2.75, 3.05) is 6.54 Å². The van der Waals surface area contributed by atoms with Gasteiger partial charge in [-0.15, -0.1) is 0 Å². The summed E-state index contributed by atoms with van der Waals surface area (Å²) in [4.78, 5) is 4.49. The number of benzene rings is 1. The van der Waals surface area contributed by atoms with Crippen molar-refractivity contribution in [3.05, 3.63) is 47.5 Å². The Morgan fingerprint density at radius 3 is 2.94 bits per heavy atom. The largest absolute Gasteiger partial charge is 0.486 e. The minimum absolute atomic E-state index is 0.477. The number of nitrogens with zero attached hydrogens (tertiary/aromatic N) is 2. The van der Waals surface area contributed by atoms with Crippen molar-refractivity contribution in [3.8, 4) is 5.75 Å². The number of hydrogen-bond donors (Lipinski definition) is 1. The van der Waals surface area contributed by atoms with Gasteiger partial charge in [0.2, 0.25) is 0 Å². The summed E-state index contributed by atoms with van der Waals surface area (Å²) in [6, 6.07) is 8.01. The van der Waals surface area contributed by atoms with Crippen molar-refractivity contribution in [1.82, 2.24) is 9.55 Å². The van der Waals surface area contributed by atoms with Crippen LogP contribution in [0.15, 0.2) is 30.5 Å². The molecule has 18 heavy (non-hydrogen) atoms. The van der Waals surface area contributed by atoms with Crippen LogP contribution < -0.4 is 10.5 Å². The quantitative estimate of drug-likeness (QED) is 0.874. The molecule has 0 fully saturated rings. The van der Waals surface area contributed by atoms with E-state index in [0.717, 1.165) is 23.7 Å². The van der Waals surface area contributed by atoms with Crippen molar-refractivity contribution < 1.29 is 4.74 Å². The molecule has 0 bridgehead atoms. The molecule has 0 saturated carbocycles. The van der Waals surface area contributed by atoms with Gasteiger partial charge in [0.15, 0.2) is 0 Å². The molecule has 96 valence electrons. The van der Waals surface area contributed by atoms with Crippen LogP contribution in [-0.2, 0) is 20.1 Å². The van der Waals surface area contributed by atoms with Gasteiger partial charge in [0.1, 0.15) is 18.2 Å². The highest BCUT2D eigenvalue weighted by Gasteiger charge is 2.05. The van der Waals surface area contributed by atoms with E-state index in [9.17, 15) is 0 Å². The van der Waals surface area contributed by atoms with Gasteiger partial charge in [0.05, 0.1) is 5.69 Å². The van der Waals surface area contributed by atoms with Crippen LogP contribution in [-0.4, -0.2) is 16.1 Å². The number of hydrogen-bond acceptors (Lipinski definition) is 3. The van der Waals surface area contributed by atoms with E-state index >= 15 is 0 Å². The normalized spacial score (nSPS) is 10.6. The second-order valence-corrected chi connectivity index (χ2v) is 4.40. The number of aryl methyl sites for hydroxylation is 2. The Morgan fingerprint density at radius 1 is 1.39 bits per heavy atom. The highest BCUT2D eigenvalue weighted by atomic mass is 16.5. The van der Waals surface area contributed by atoms with Crippen LogP contribution in [0.5, 0.6) is 5.75 Å². The second kappa shape index (κ2) is 5.69. The lowest BCUT2D eigenvalue weighted by atomic mass is 10.2. The maximum absolute atomic E-state index is 5.73. The average molecular weight is 245 g/mol. The molecule has 2 aromatic rings. The Morgan fingerprint density at radius 2 is 2.22 bits per heavy atom.